The predicted octanol–water partition coefficient (Wildman–Crippen LogP) is 4.01. The molecule has 0 unspecified atom stereocenters. The molecule has 0 aromatic heterocycles. The van der Waals surface area contributed by atoms with E-state index in [1.165, 1.54) is 0 Å². The van der Waals surface area contributed by atoms with Crippen molar-refractivity contribution in [2.45, 2.75) is 13.8 Å². The first-order valence-electron chi connectivity index (χ1n) is 6.11. The second-order valence-corrected chi connectivity index (χ2v) is 4.42. The summed E-state index contributed by atoms with van der Waals surface area (Å²) in [5.74, 6) is -1.30. The molecule has 0 aliphatic carbocycles. The normalized spacial score (nSPS) is 10.5. The maximum Gasteiger partial charge on any atom is 0.151 e. The molecule has 2 rings (SSSR count). The largest absolute Gasteiger partial charge is 0.399 e. The lowest BCUT2D eigenvalue weighted by Gasteiger charge is -2.24. The van der Waals surface area contributed by atoms with Crippen molar-refractivity contribution in [2.24, 2.45) is 0 Å². The summed E-state index contributed by atoms with van der Waals surface area (Å²) in [6, 6.07) is 9.78. The summed E-state index contributed by atoms with van der Waals surface area (Å²) in [5, 5.41) is 0. The van der Waals surface area contributed by atoms with Crippen molar-refractivity contribution in [1.82, 2.24) is 0 Å². The number of nitrogens with two attached hydrogens (primary N) is 1. The Morgan fingerprint density at radius 2 is 1.74 bits per heavy atom. The maximum atomic E-state index is 14.0. The highest BCUT2D eigenvalue weighted by atomic mass is 19.1. The Hall–Kier alpha value is -2.10. The minimum Gasteiger partial charge on any atom is -0.399 e. The molecule has 0 saturated heterocycles. The Labute approximate surface area is 111 Å². The van der Waals surface area contributed by atoms with Crippen molar-refractivity contribution < 1.29 is 8.78 Å². The molecule has 2 aromatic carbocycles. The van der Waals surface area contributed by atoms with E-state index in [1.54, 1.807) is 4.90 Å². The van der Waals surface area contributed by atoms with Crippen LogP contribution in [0, 0.1) is 18.6 Å². The van der Waals surface area contributed by atoms with Gasteiger partial charge in [-0.3, -0.25) is 0 Å². The molecular formula is C15H16F2N2. The fourth-order valence-corrected chi connectivity index (χ4v) is 2.11. The van der Waals surface area contributed by atoms with Crippen LogP contribution in [0.15, 0.2) is 36.4 Å². The van der Waals surface area contributed by atoms with Crippen molar-refractivity contribution in [3.63, 3.8) is 0 Å². The third-order valence-corrected chi connectivity index (χ3v) is 2.94. The molecule has 4 heteroatoms. The Bertz CT molecular complexity index is 573. The number of rotatable bonds is 3. The second-order valence-electron chi connectivity index (χ2n) is 4.42. The Morgan fingerprint density at radius 1 is 1.11 bits per heavy atom. The standard InChI is InChI=1S/C15H16F2N2/c1-3-19(12-6-4-5-10(2)7-12)15-13(16)8-11(18)9-14(15)17/h4-9H,3,18H2,1-2H3. The highest BCUT2D eigenvalue weighted by Crippen LogP contribution is 2.32. The summed E-state index contributed by atoms with van der Waals surface area (Å²) < 4.78 is 27.9. The van der Waals surface area contributed by atoms with E-state index in [0.717, 1.165) is 23.4 Å². The lowest BCUT2D eigenvalue weighted by molar-refractivity contribution is 0.582. The number of hydrogen-bond donors (Lipinski definition) is 1. The highest BCUT2D eigenvalue weighted by Gasteiger charge is 2.18. The van der Waals surface area contributed by atoms with Gasteiger partial charge in [-0.15, -0.1) is 0 Å². The number of halogens is 2. The molecule has 19 heavy (non-hydrogen) atoms. The molecule has 0 saturated carbocycles. The van der Waals surface area contributed by atoms with Crippen LogP contribution in [0.1, 0.15) is 12.5 Å². The van der Waals surface area contributed by atoms with Gasteiger partial charge in [0.2, 0.25) is 0 Å². The first-order valence-corrected chi connectivity index (χ1v) is 6.11. The minimum atomic E-state index is -0.652. The molecule has 0 aliphatic rings. The summed E-state index contributed by atoms with van der Waals surface area (Å²) in [4.78, 5) is 1.59. The van der Waals surface area contributed by atoms with Gasteiger partial charge < -0.3 is 10.6 Å². The van der Waals surface area contributed by atoms with Crippen molar-refractivity contribution in [3.8, 4) is 0 Å². The summed E-state index contributed by atoms with van der Waals surface area (Å²) >= 11 is 0. The van der Waals surface area contributed by atoms with Gasteiger partial charge >= 0.3 is 0 Å². The van der Waals surface area contributed by atoms with E-state index in [4.69, 9.17) is 5.73 Å². The molecular weight excluding hydrogens is 246 g/mol. The molecule has 0 spiro atoms. The van der Waals surface area contributed by atoms with Crippen LogP contribution >= 0.6 is 0 Å². The van der Waals surface area contributed by atoms with Crippen LogP contribution in [0.25, 0.3) is 0 Å². The smallest absolute Gasteiger partial charge is 0.151 e. The summed E-state index contributed by atoms with van der Waals surface area (Å²) in [6.45, 7) is 4.24. The van der Waals surface area contributed by atoms with Crippen molar-refractivity contribution >= 4 is 17.1 Å². The number of nitrogen functional groups attached to an aromatic ring is 1. The van der Waals surface area contributed by atoms with E-state index in [-0.39, 0.29) is 11.4 Å². The SMILES string of the molecule is CCN(c1cccc(C)c1)c1c(F)cc(N)cc1F. The van der Waals surface area contributed by atoms with Gasteiger partial charge in [0, 0.05) is 17.9 Å². The summed E-state index contributed by atoms with van der Waals surface area (Å²) in [5.41, 5.74) is 7.24. The lowest BCUT2D eigenvalue weighted by Crippen LogP contribution is -2.19. The third kappa shape index (κ3) is 2.67. The summed E-state index contributed by atoms with van der Waals surface area (Å²) in [6.07, 6.45) is 0. The van der Waals surface area contributed by atoms with E-state index in [1.807, 2.05) is 38.1 Å². The van der Waals surface area contributed by atoms with Crippen LogP contribution in [-0.4, -0.2) is 6.54 Å². The van der Waals surface area contributed by atoms with Gasteiger partial charge in [0.1, 0.15) is 5.69 Å². The molecule has 100 valence electrons. The second kappa shape index (κ2) is 5.26. The van der Waals surface area contributed by atoms with E-state index < -0.39 is 11.6 Å². The van der Waals surface area contributed by atoms with E-state index in [2.05, 4.69) is 0 Å². The zero-order valence-electron chi connectivity index (χ0n) is 11.0. The first kappa shape index (κ1) is 13.3. The van der Waals surface area contributed by atoms with Gasteiger partial charge in [0.05, 0.1) is 0 Å². The van der Waals surface area contributed by atoms with Crippen LogP contribution in [0.3, 0.4) is 0 Å². The van der Waals surface area contributed by atoms with Crippen LogP contribution in [0.4, 0.5) is 25.8 Å². The molecule has 2 N–H and O–H groups in total. The van der Waals surface area contributed by atoms with Crippen LogP contribution in [0.2, 0.25) is 0 Å². The Morgan fingerprint density at radius 3 is 2.26 bits per heavy atom. The zero-order valence-corrected chi connectivity index (χ0v) is 11.0. The van der Waals surface area contributed by atoms with Crippen molar-refractivity contribution in [1.29, 1.82) is 0 Å². The van der Waals surface area contributed by atoms with Crippen molar-refractivity contribution in [2.75, 3.05) is 17.2 Å². The molecule has 0 fully saturated rings. The highest BCUT2D eigenvalue weighted by molar-refractivity contribution is 5.66. The lowest BCUT2D eigenvalue weighted by atomic mass is 10.1. The minimum absolute atomic E-state index is 0.0673. The maximum absolute atomic E-state index is 14.0. The predicted molar refractivity (Wildman–Crippen MR) is 74.6 cm³/mol. The molecule has 2 aromatic rings. The van der Waals surface area contributed by atoms with E-state index in [9.17, 15) is 8.78 Å². The number of benzene rings is 2. The van der Waals surface area contributed by atoms with Gasteiger partial charge in [0.25, 0.3) is 0 Å². The van der Waals surface area contributed by atoms with Gasteiger partial charge in [0.15, 0.2) is 11.6 Å². The summed E-state index contributed by atoms with van der Waals surface area (Å²) in [7, 11) is 0. The Balaban J connectivity index is 2.54. The van der Waals surface area contributed by atoms with Gasteiger partial charge in [-0.25, -0.2) is 8.78 Å². The van der Waals surface area contributed by atoms with Crippen LogP contribution in [0.5, 0.6) is 0 Å². The van der Waals surface area contributed by atoms with Gasteiger partial charge in [-0.05, 0) is 43.7 Å². The third-order valence-electron chi connectivity index (χ3n) is 2.94. The fraction of sp³-hybridized carbons (Fsp3) is 0.200. The number of hydrogen-bond acceptors (Lipinski definition) is 2. The van der Waals surface area contributed by atoms with E-state index in [0.29, 0.717) is 6.54 Å². The van der Waals surface area contributed by atoms with Crippen LogP contribution < -0.4 is 10.6 Å². The topological polar surface area (TPSA) is 29.3 Å². The number of anilines is 3. The van der Waals surface area contributed by atoms with Crippen LogP contribution in [-0.2, 0) is 0 Å². The monoisotopic (exact) mass is 262 g/mol. The van der Waals surface area contributed by atoms with Gasteiger partial charge in [-0.2, -0.15) is 0 Å². The molecule has 0 amide bonds. The molecule has 0 atom stereocenters. The van der Waals surface area contributed by atoms with Gasteiger partial charge in [-0.1, -0.05) is 12.1 Å². The first-order chi connectivity index (χ1) is 9.02. The number of aryl methyl sites for hydroxylation is 1. The zero-order chi connectivity index (χ0) is 14.0. The quantitative estimate of drug-likeness (QED) is 0.847. The van der Waals surface area contributed by atoms with Crippen molar-refractivity contribution in [3.05, 3.63) is 53.6 Å². The molecule has 0 heterocycles. The molecule has 0 radical (unpaired) electrons. The van der Waals surface area contributed by atoms with E-state index >= 15 is 0 Å². The molecule has 0 aliphatic heterocycles. The number of nitrogens with zero attached hydrogens (tertiary/aromatic N) is 1. The average Bonchev–Trinajstić information content (AvgIpc) is 2.33. The molecule has 2 nitrogen and oxygen atoms in total. The average molecular weight is 262 g/mol. The Kier molecular flexibility index (Phi) is 3.69. The fourth-order valence-electron chi connectivity index (χ4n) is 2.11. The molecule has 0 bridgehead atoms.